The van der Waals surface area contributed by atoms with E-state index in [2.05, 4.69) is 6.07 Å². The Morgan fingerprint density at radius 2 is 1.96 bits per heavy atom. The third-order valence-corrected chi connectivity index (χ3v) is 6.08. The zero-order chi connectivity index (χ0) is 20.1. The van der Waals surface area contributed by atoms with Crippen LogP contribution in [0.25, 0.3) is 10.8 Å². The zero-order valence-electron chi connectivity index (χ0n) is 16.2. The van der Waals surface area contributed by atoms with Gasteiger partial charge >= 0.3 is 0 Å². The highest BCUT2D eigenvalue weighted by molar-refractivity contribution is 5.88. The van der Waals surface area contributed by atoms with E-state index < -0.39 is 36.2 Å². The topological polar surface area (TPSA) is 102 Å². The summed E-state index contributed by atoms with van der Waals surface area (Å²) in [6.07, 6.45) is -1.50. The molecule has 2 aromatic carbocycles. The summed E-state index contributed by atoms with van der Waals surface area (Å²) in [5, 5.41) is 23.1. The van der Waals surface area contributed by atoms with Crippen LogP contribution in [0.4, 0.5) is 0 Å². The molecule has 1 saturated heterocycles. The summed E-state index contributed by atoms with van der Waals surface area (Å²) in [5.74, 6) is -0.273. The summed E-state index contributed by atoms with van der Waals surface area (Å²) in [6.45, 7) is 3.17. The molecular formula is C22H27NO5. The van der Waals surface area contributed by atoms with Gasteiger partial charge in [-0.3, -0.25) is 4.79 Å². The molecule has 4 N–H and O–H groups in total. The molecule has 0 spiro atoms. The van der Waals surface area contributed by atoms with Crippen molar-refractivity contribution < 1.29 is 24.5 Å². The first-order chi connectivity index (χ1) is 13.3. The number of carbonyl (C=O) groups is 1. The van der Waals surface area contributed by atoms with Gasteiger partial charge in [-0.15, -0.1) is 0 Å². The van der Waals surface area contributed by atoms with E-state index in [9.17, 15) is 15.0 Å². The maximum absolute atomic E-state index is 12.2. The highest BCUT2D eigenvalue weighted by atomic mass is 16.7. The molecule has 4 rings (SSSR count). The van der Waals surface area contributed by atoms with Crippen LogP contribution in [-0.2, 0) is 20.7 Å². The number of aliphatic hydroxyl groups excluding tert-OH is 1. The van der Waals surface area contributed by atoms with Crippen molar-refractivity contribution in [2.24, 2.45) is 5.73 Å². The minimum absolute atomic E-state index is 0.166. The lowest BCUT2D eigenvalue weighted by Gasteiger charge is -2.41. The summed E-state index contributed by atoms with van der Waals surface area (Å²) >= 11 is 0. The average molecular weight is 385 g/mol. The van der Waals surface area contributed by atoms with Crippen molar-refractivity contribution >= 4 is 16.6 Å². The lowest BCUT2D eigenvalue weighted by molar-refractivity contribution is -0.247. The Morgan fingerprint density at radius 3 is 2.61 bits per heavy atom. The molecule has 0 amide bonds. The van der Waals surface area contributed by atoms with Crippen LogP contribution in [0.2, 0.25) is 0 Å². The minimum Gasteiger partial charge on any atom is -0.389 e. The molecule has 0 aromatic heterocycles. The number of fused-ring (bicyclic) bond motifs is 2. The molecule has 1 fully saturated rings. The first kappa shape index (κ1) is 19.5. The summed E-state index contributed by atoms with van der Waals surface area (Å²) in [7, 11) is 0. The van der Waals surface area contributed by atoms with Crippen molar-refractivity contribution in [3.63, 3.8) is 0 Å². The largest absolute Gasteiger partial charge is 0.389 e. The Morgan fingerprint density at radius 1 is 1.29 bits per heavy atom. The van der Waals surface area contributed by atoms with Gasteiger partial charge in [-0.25, -0.2) is 0 Å². The molecule has 6 nitrogen and oxygen atoms in total. The van der Waals surface area contributed by atoms with Crippen LogP contribution in [0.5, 0.6) is 0 Å². The number of Topliss-reactive ketones (excluding diaryl/α,β-unsaturated/α-hetero) is 1. The number of hydrogen-bond acceptors (Lipinski definition) is 6. The Labute approximate surface area is 164 Å². The van der Waals surface area contributed by atoms with Crippen LogP contribution in [0.3, 0.4) is 0 Å². The first-order valence-corrected chi connectivity index (χ1v) is 9.76. The van der Waals surface area contributed by atoms with E-state index >= 15 is 0 Å². The number of ketones is 1. The third kappa shape index (κ3) is 3.47. The minimum atomic E-state index is -1.47. The molecule has 0 unspecified atom stereocenters. The fourth-order valence-corrected chi connectivity index (χ4v) is 4.31. The van der Waals surface area contributed by atoms with Gasteiger partial charge < -0.3 is 25.4 Å². The smallest absolute Gasteiger partial charge is 0.161 e. The van der Waals surface area contributed by atoms with Crippen molar-refractivity contribution in [1.29, 1.82) is 0 Å². The molecule has 2 aliphatic rings. The molecule has 28 heavy (non-hydrogen) atoms. The van der Waals surface area contributed by atoms with E-state index in [0.29, 0.717) is 6.42 Å². The van der Waals surface area contributed by atoms with Gasteiger partial charge in [0.25, 0.3) is 0 Å². The Bertz CT molecular complexity index is 888. The molecular weight excluding hydrogens is 358 g/mol. The maximum atomic E-state index is 12.2. The number of ether oxygens (including phenoxy) is 2. The van der Waals surface area contributed by atoms with Crippen molar-refractivity contribution in [3.05, 3.63) is 47.5 Å². The summed E-state index contributed by atoms with van der Waals surface area (Å²) in [5.41, 5.74) is 6.41. The van der Waals surface area contributed by atoms with Gasteiger partial charge in [0.15, 0.2) is 12.1 Å². The van der Waals surface area contributed by atoms with Crippen molar-refractivity contribution in [1.82, 2.24) is 0 Å². The van der Waals surface area contributed by atoms with Crippen LogP contribution >= 0.6 is 0 Å². The van der Waals surface area contributed by atoms with Crippen LogP contribution in [0.15, 0.2) is 36.4 Å². The fourth-order valence-electron chi connectivity index (χ4n) is 4.31. The quantitative estimate of drug-likeness (QED) is 0.747. The van der Waals surface area contributed by atoms with Gasteiger partial charge in [0.1, 0.15) is 5.60 Å². The molecule has 1 aliphatic carbocycles. The second-order valence-corrected chi connectivity index (χ2v) is 8.15. The maximum Gasteiger partial charge on any atom is 0.161 e. The first-order valence-electron chi connectivity index (χ1n) is 9.76. The molecule has 6 heteroatoms. The van der Waals surface area contributed by atoms with E-state index in [0.717, 1.165) is 21.9 Å². The van der Waals surface area contributed by atoms with Crippen LogP contribution in [0, 0.1) is 0 Å². The van der Waals surface area contributed by atoms with Crippen molar-refractivity contribution in [2.45, 2.75) is 69.4 Å². The number of carbonyl (C=O) groups excluding carboxylic acids is 1. The molecule has 2 aromatic rings. The van der Waals surface area contributed by atoms with Gasteiger partial charge in [0.05, 0.1) is 18.3 Å². The molecule has 0 bridgehead atoms. The van der Waals surface area contributed by atoms with Gasteiger partial charge in [0, 0.05) is 25.3 Å². The molecule has 1 aliphatic heterocycles. The third-order valence-electron chi connectivity index (χ3n) is 6.08. The molecule has 0 saturated carbocycles. The van der Waals surface area contributed by atoms with E-state index in [-0.39, 0.29) is 18.6 Å². The number of rotatable bonds is 3. The van der Waals surface area contributed by atoms with Crippen LogP contribution < -0.4 is 5.73 Å². The van der Waals surface area contributed by atoms with Crippen molar-refractivity contribution in [2.75, 3.05) is 0 Å². The molecule has 0 radical (unpaired) electrons. The molecule has 150 valence electrons. The SMILES string of the molecule is CC(=O)[C@]1(O)Cc2cc3ccccc3cc2[C@@H](O[C@H]2C[C@H](N)[C@@H](O)[C@H](C)O2)C1. The summed E-state index contributed by atoms with van der Waals surface area (Å²) in [6, 6.07) is 11.6. The zero-order valence-corrected chi connectivity index (χ0v) is 16.2. The lowest BCUT2D eigenvalue weighted by Crippen LogP contribution is -2.52. The second kappa shape index (κ2) is 7.21. The van der Waals surface area contributed by atoms with Crippen molar-refractivity contribution in [3.8, 4) is 0 Å². The van der Waals surface area contributed by atoms with E-state index in [4.69, 9.17) is 15.2 Å². The Balaban J connectivity index is 1.70. The molecule has 1 heterocycles. The Hall–Kier alpha value is -1.83. The lowest BCUT2D eigenvalue weighted by atomic mass is 9.76. The van der Waals surface area contributed by atoms with E-state index in [1.807, 2.05) is 30.3 Å². The van der Waals surface area contributed by atoms with E-state index in [1.165, 1.54) is 6.92 Å². The average Bonchev–Trinajstić information content (AvgIpc) is 2.64. The predicted molar refractivity (Wildman–Crippen MR) is 105 cm³/mol. The van der Waals surface area contributed by atoms with Gasteiger partial charge in [-0.05, 0) is 41.8 Å². The second-order valence-electron chi connectivity index (χ2n) is 8.15. The van der Waals surface area contributed by atoms with Gasteiger partial charge in [0.2, 0.25) is 0 Å². The molecule has 6 atom stereocenters. The normalized spacial score (nSPS) is 35.5. The van der Waals surface area contributed by atoms with Crippen LogP contribution in [-0.4, -0.2) is 46.1 Å². The number of hydrogen-bond donors (Lipinski definition) is 3. The Kier molecular flexibility index (Phi) is 5.02. The number of nitrogens with two attached hydrogens (primary N) is 1. The standard InChI is InChI=1S/C22H27NO5/c1-12-21(25)18(23)9-20(27-12)28-19-11-22(26,13(2)24)10-16-7-14-5-3-4-6-15(14)8-17(16)19/h3-8,12,18-21,25-26H,9-11,23H2,1-2H3/t12-,18-,19-,20-,21-,22-/m0/s1. The summed E-state index contributed by atoms with van der Waals surface area (Å²) in [4.78, 5) is 12.2. The predicted octanol–water partition coefficient (Wildman–Crippen LogP) is 1.99. The van der Waals surface area contributed by atoms with Gasteiger partial charge in [-0.2, -0.15) is 0 Å². The van der Waals surface area contributed by atoms with Crippen LogP contribution in [0.1, 0.15) is 43.9 Å². The monoisotopic (exact) mass is 385 g/mol. The number of aliphatic hydroxyl groups is 2. The van der Waals surface area contributed by atoms with E-state index in [1.54, 1.807) is 6.92 Å². The highest BCUT2D eigenvalue weighted by Gasteiger charge is 2.44. The number of benzene rings is 2. The summed E-state index contributed by atoms with van der Waals surface area (Å²) < 4.78 is 12.0. The fraction of sp³-hybridized carbons (Fsp3) is 0.500. The van der Waals surface area contributed by atoms with Gasteiger partial charge in [-0.1, -0.05) is 30.3 Å². The highest BCUT2D eigenvalue weighted by Crippen LogP contribution is 2.41.